The Hall–Kier alpha value is -0.650. The summed E-state index contributed by atoms with van der Waals surface area (Å²) in [6.07, 6.45) is 1.68. The van der Waals surface area contributed by atoms with Crippen molar-refractivity contribution in [2.45, 2.75) is 52.1 Å². The van der Waals surface area contributed by atoms with Gasteiger partial charge in [0.1, 0.15) is 0 Å². The highest BCUT2D eigenvalue weighted by atomic mass is 16.5. The van der Waals surface area contributed by atoms with E-state index in [-0.39, 0.29) is 11.9 Å². The van der Waals surface area contributed by atoms with Crippen molar-refractivity contribution < 1.29 is 9.53 Å². The topological polar surface area (TPSA) is 67.6 Å². The number of nitrogens with one attached hydrogen (secondary N) is 1. The van der Waals surface area contributed by atoms with Crippen molar-refractivity contribution in [2.75, 3.05) is 33.4 Å². The third-order valence-electron chi connectivity index (χ3n) is 3.19. The second kappa shape index (κ2) is 9.28. The van der Waals surface area contributed by atoms with Crippen LogP contribution in [0.1, 0.15) is 40.5 Å². The maximum atomic E-state index is 11.6. The molecular formula is C14H31N3O2. The van der Waals surface area contributed by atoms with Crippen molar-refractivity contribution in [3.8, 4) is 0 Å². The van der Waals surface area contributed by atoms with Gasteiger partial charge in [0, 0.05) is 19.2 Å². The van der Waals surface area contributed by atoms with Crippen molar-refractivity contribution in [1.29, 1.82) is 0 Å². The molecule has 5 nitrogen and oxygen atoms in total. The van der Waals surface area contributed by atoms with Gasteiger partial charge in [-0.15, -0.1) is 0 Å². The zero-order chi connectivity index (χ0) is 14.9. The van der Waals surface area contributed by atoms with Crippen LogP contribution in [-0.4, -0.2) is 55.7 Å². The molecular weight excluding hydrogens is 242 g/mol. The van der Waals surface area contributed by atoms with Crippen LogP contribution in [0.25, 0.3) is 0 Å². The highest BCUT2D eigenvalue weighted by Gasteiger charge is 2.30. The van der Waals surface area contributed by atoms with E-state index in [1.165, 1.54) is 0 Å². The molecule has 0 aromatic carbocycles. The fourth-order valence-electron chi connectivity index (χ4n) is 2.08. The van der Waals surface area contributed by atoms with Crippen LogP contribution in [0.2, 0.25) is 0 Å². The molecule has 0 bridgehead atoms. The Bertz CT molecular complexity index is 259. The highest BCUT2D eigenvalue weighted by molar-refractivity contribution is 5.84. The van der Waals surface area contributed by atoms with Gasteiger partial charge in [0.15, 0.2) is 0 Å². The minimum atomic E-state index is -0.616. The molecule has 0 aromatic rings. The van der Waals surface area contributed by atoms with E-state index in [9.17, 15) is 4.79 Å². The van der Waals surface area contributed by atoms with Gasteiger partial charge in [-0.1, -0.05) is 0 Å². The van der Waals surface area contributed by atoms with Gasteiger partial charge in [0.2, 0.25) is 5.91 Å². The van der Waals surface area contributed by atoms with Crippen LogP contribution in [-0.2, 0) is 9.53 Å². The molecule has 0 aliphatic carbocycles. The van der Waals surface area contributed by atoms with Gasteiger partial charge < -0.3 is 20.7 Å². The summed E-state index contributed by atoms with van der Waals surface area (Å²) >= 11 is 0. The second-order valence-corrected chi connectivity index (χ2v) is 5.60. The van der Waals surface area contributed by atoms with E-state index in [1.54, 1.807) is 0 Å². The lowest BCUT2D eigenvalue weighted by atomic mass is 9.94. The summed E-state index contributed by atoms with van der Waals surface area (Å²) < 4.78 is 5.31. The molecule has 0 saturated heterocycles. The number of carbonyl (C=O) groups excluding carboxylic acids is 1. The van der Waals surface area contributed by atoms with E-state index in [0.717, 1.165) is 39.1 Å². The zero-order valence-corrected chi connectivity index (χ0v) is 13.2. The predicted molar refractivity (Wildman–Crippen MR) is 79.1 cm³/mol. The number of likely N-dealkylation sites (N-methyl/N-ethyl adjacent to an activating group) is 1. The molecule has 0 heterocycles. The summed E-state index contributed by atoms with van der Waals surface area (Å²) in [6, 6.07) is 0.244. The molecule has 1 unspecified atom stereocenters. The fraction of sp³-hybridized carbons (Fsp3) is 0.929. The van der Waals surface area contributed by atoms with Gasteiger partial charge in [-0.25, -0.2) is 0 Å². The molecule has 0 aliphatic rings. The molecule has 1 atom stereocenters. The Labute approximate surface area is 117 Å². The molecule has 0 saturated carbocycles. The molecule has 3 N–H and O–H groups in total. The fourth-order valence-corrected chi connectivity index (χ4v) is 2.08. The van der Waals surface area contributed by atoms with Crippen LogP contribution in [0.15, 0.2) is 0 Å². The van der Waals surface area contributed by atoms with Gasteiger partial charge in [0.05, 0.1) is 12.1 Å². The summed E-state index contributed by atoms with van der Waals surface area (Å²) in [5.74, 6) is -0.279. The average Bonchev–Trinajstić information content (AvgIpc) is 2.28. The van der Waals surface area contributed by atoms with Crippen molar-refractivity contribution in [3.63, 3.8) is 0 Å². The zero-order valence-electron chi connectivity index (χ0n) is 13.2. The Morgan fingerprint density at radius 1 is 1.42 bits per heavy atom. The molecule has 0 radical (unpaired) electrons. The maximum Gasteiger partial charge on any atom is 0.237 e. The van der Waals surface area contributed by atoms with E-state index in [1.807, 2.05) is 27.7 Å². The summed E-state index contributed by atoms with van der Waals surface area (Å²) in [5, 5.41) is 3.26. The highest BCUT2D eigenvalue weighted by Crippen LogP contribution is 2.13. The quantitative estimate of drug-likeness (QED) is 0.551. The number of nitrogens with two attached hydrogens (primary N) is 1. The smallest absolute Gasteiger partial charge is 0.237 e. The van der Waals surface area contributed by atoms with E-state index < -0.39 is 5.54 Å². The molecule has 19 heavy (non-hydrogen) atoms. The van der Waals surface area contributed by atoms with Crippen LogP contribution in [0.4, 0.5) is 0 Å². The maximum absolute atomic E-state index is 11.6. The first-order valence-electron chi connectivity index (χ1n) is 7.15. The Morgan fingerprint density at radius 3 is 2.53 bits per heavy atom. The summed E-state index contributed by atoms with van der Waals surface area (Å²) in [4.78, 5) is 13.8. The van der Waals surface area contributed by atoms with Crippen molar-refractivity contribution in [2.24, 2.45) is 5.73 Å². The number of carbonyl (C=O) groups is 1. The van der Waals surface area contributed by atoms with Gasteiger partial charge in [-0.3, -0.25) is 4.79 Å². The number of ether oxygens (including phenoxy) is 1. The number of amides is 1. The molecule has 5 heteroatoms. The summed E-state index contributed by atoms with van der Waals surface area (Å²) in [7, 11) is 2.07. The van der Waals surface area contributed by atoms with Crippen molar-refractivity contribution >= 4 is 5.91 Å². The van der Waals surface area contributed by atoms with E-state index in [4.69, 9.17) is 10.5 Å². The summed E-state index contributed by atoms with van der Waals surface area (Å²) in [5.41, 5.74) is 4.88. The molecule has 0 fully saturated rings. The Kier molecular flexibility index (Phi) is 8.97. The normalized spacial score (nSPS) is 14.9. The van der Waals surface area contributed by atoms with Crippen LogP contribution >= 0.6 is 0 Å². The first-order chi connectivity index (χ1) is 8.81. The number of nitrogens with zero attached hydrogens (tertiary/aromatic N) is 1. The van der Waals surface area contributed by atoms with Crippen LogP contribution in [0.3, 0.4) is 0 Å². The molecule has 0 aromatic heterocycles. The van der Waals surface area contributed by atoms with Gasteiger partial charge >= 0.3 is 0 Å². The van der Waals surface area contributed by atoms with Crippen LogP contribution in [0.5, 0.6) is 0 Å². The molecule has 0 aliphatic heterocycles. The van der Waals surface area contributed by atoms with Gasteiger partial charge in [-0.2, -0.15) is 0 Å². The lowest BCUT2D eigenvalue weighted by molar-refractivity contribution is -0.124. The van der Waals surface area contributed by atoms with Gasteiger partial charge in [-0.05, 0) is 54.1 Å². The first-order valence-corrected chi connectivity index (χ1v) is 7.15. The number of primary amides is 1. The molecule has 0 spiro atoms. The summed E-state index contributed by atoms with van der Waals surface area (Å²) in [6.45, 7) is 11.3. The third kappa shape index (κ3) is 8.18. The number of hydrogen-bond acceptors (Lipinski definition) is 4. The lowest BCUT2D eigenvalue weighted by Crippen LogP contribution is -2.55. The molecule has 0 rings (SSSR count). The van der Waals surface area contributed by atoms with E-state index >= 15 is 0 Å². The number of rotatable bonds is 11. The minimum Gasteiger partial charge on any atom is -0.380 e. The minimum absolute atomic E-state index is 0.244. The van der Waals surface area contributed by atoms with E-state index in [2.05, 4.69) is 17.3 Å². The van der Waals surface area contributed by atoms with Gasteiger partial charge in [0.25, 0.3) is 0 Å². The van der Waals surface area contributed by atoms with Crippen LogP contribution < -0.4 is 11.1 Å². The Morgan fingerprint density at radius 2 is 2.05 bits per heavy atom. The Balaban J connectivity index is 4.02. The third-order valence-corrected chi connectivity index (χ3v) is 3.19. The number of hydrogen-bond donors (Lipinski definition) is 2. The second-order valence-electron chi connectivity index (χ2n) is 5.60. The van der Waals surface area contributed by atoms with E-state index in [0.29, 0.717) is 0 Å². The first kappa shape index (κ1) is 18.4. The molecule has 1 amide bonds. The monoisotopic (exact) mass is 273 g/mol. The largest absolute Gasteiger partial charge is 0.380 e. The lowest BCUT2D eigenvalue weighted by Gasteiger charge is -2.30. The van der Waals surface area contributed by atoms with Crippen molar-refractivity contribution in [3.05, 3.63) is 0 Å². The van der Waals surface area contributed by atoms with Crippen LogP contribution in [0, 0.1) is 0 Å². The molecule has 114 valence electrons. The van der Waals surface area contributed by atoms with Crippen molar-refractivity contribution in [1.82, 2.24) is 10.2 Å². The SMILES string of the molecule is CCOCCN(C)CCCC(C)(NC(C)C)C(N)=O. The standard InChI is InChI=1S/C14H31N3O2/c1-6-19-11-10-17(5)9-7-8-14(4,13(15)18)16-12(2)3/h12,16H,6-11H2,1-5H3,(H2,15,18). The average molecular weight is 273 g/mol. The predicted octanol–water partition coefficient (Wildman–Crippen LogP) is 0.977.